The number of aromatic nitrogens is 2. The molecule has 0 fully saturated rings. The van der Waals surface area contributed by atoms with Gasteiger partial charge in [0.15, 0.2) is 0 Å². The molecule has 98 valence electrons. The fourth-order valence-electron chi connectivity index (χ4n) is 1.54. The molecule has 2 rings (SSSR count). The van der Waals surface area contributed by atoms with Crippen LogP contribution in [0.3, 0.4) is 0 Å². The topological polar surface area (TPSA) is 104 Å². The number of hydrogen-bond donors (Lipinski definition) is 0. The summed E-state index contributed by atoms with van der Waals surface area (Å²) < 4.78 is 1.46. The summed E-state index contributed by atoms with van der Waals surface area (Å²) in [6.07, 6.45) is 2.54. The highest BCUT2D eigenvalue weighted by molar-refractivity contribution is 6.32. The van der Waals surface area contributed by atoms with Crippen LogP contribution in [0.25, 0.3) is 0 Å². The number of nitro groups is 2. The monoisotopic (exact) mass is 282 g/mol. The van der Waals surface area contributed by atoms with Crippen molar-refractivity contribution in [3.05, 3.63) is 61.5 Å². The third-order valence-corrected chi connectivity index (χ3v) is 2.70. The molecule has 9 heteroatoms. The van der Waals surface area contributed by atoms with Crippen LogP contribution in [0, 0.1) is 20.2 Å². The summed E-state index contributed by atoms with van der Waals surface area (Å²) in [6.45, 7) is 0.235. The van der Waals surface area contributed by atoms with Crippen molar-refractivity contribution >= 4 is 23.1 Å². The van der Waals surface area contributed by atoms with Gasteiger partial charge in [0.05, 0.1) is 11.5 Å². The van der Waals surface area contributed by atoms with E-state index in [-0.39, 0.29) is 23.1 Å². The highest BCUT2D eigenvalue weighted by atomic mass is 35.5. The number of imidazole rings is 1. The van der Waals surface area contributed by atoms with E-state index in [0.29, 0.717) is 5.56 Å². The van der Waals surface area contributed by atoms with Crippen molar-refractivity contribution in [1.82, 2.24) is 9.55 Å². The molecular formula is C10H7ClN4O4. The Morgan fingerprint density at radius 3 is 2.58 bits per heavy atom. The fourth-order valence-corrected chi connectivity index (χ4v) is 1.72. The zero-order valence-electron chi connectivity index (χ0n) is 9.39. The van der Waals surface area contributed by atoms with Crippen LogP contribution in [0.5, 0.6) is 0 Å². The van der Waals surface area contributed by atoms with Gasteiger partial charge in [-0.25, -0.2) is 0 Å². The Bertz CT molecular complexity index is 655. The van der Waals surface area contributed by atoms with E-state index < -0.39 is 9.85 Å². The molecule has 0 N–H and O–H groups in total. The summed E-state index contributed by atoms with van der Waals surface area (Å²) in [5, 5.41) is 21.3. The third-order valence-electron chi connectivity index (χ3n) is 2.38. The number of benzene rings is 1. The van der Waals surface area contributed by atoms with Gasteiger partial charge >= 0.3 is 5.82 Å². The van der Waals surface area contributed by atoms with Crippen LogP contribution in [-0.2, 0) is 6.54 Å². The lowest BCUT2D eigenvalue weighted by Crippen LogP contribution is -1.98. The summed E-state index contributed by atoms with van der Waals surface area (Å²) in [7, 11) is 0. The molecule has 0 saturated carbocycles. The second kappa shape index (κ2) is 5.02. The van der Waals surface area contributed by atoms with Crippen LogP contribution in [-0.4, -0.2) is 19.4 Å². The minimum Gasteiger partial charge on any atom is -0.358 e. The number of nitro benzene ring substituents is 1. The quantitative estimate of drug-likeness (QED) is 0.632. The Hall–Kier alpha value is -2.48. The van der Waals surface area contributed by atoms with Gasteiger partial charge in [0.2, 0.25) is 6.33 Å². The van der Waals surface area contributed by atoms with Crippen molar-refractivity contribution < 1.29 is 9.85 Å². The maximum Gasteiger partial charge on any atom is 0.381 e. The van der Waals surface area contributed by atoms with Gasteiger partial charge in [-0.15, -0.1) is 0 Å². The van der Waals surface area contributed by atoms with Gasteiger partial charge in [0.25, 0.3) is 5.69 Å². The average Bonchev–Trinajstić information content (AvgIpc) is 2.80. The lowest BCUT2D eigenvalue weighted by atomic mass is 10.2. The van der Waals surface area contributed by atoms with Crippen LogP contribution in [0.4, 0.5) is 11.5 Å². The zero-order chi connectivity index (χ0) is 14.0. The molecule has 1 aromatic carbocycles. The minimum absolute atomic E-state index is 0.0466. The SMILES string of the molecule is O=[N+]([O-])c1cn(Cc2ccc(Cl)c([N+](=O)[O-])c2)cn1. The molecule has 0 aliphatic rings. The fraction of sp³-hybridized carbons (Fsp3) is 0.100. The predicted octanol–water partition coefficient (Wildman–Crippen LogP) is 2.40. The number of halogens is 1. The lowest BCUT2D eigenvalue weighted by molar-refractivity contribution is -0.389. The van der Waals surface area contributed by atoms with Gasteiger partial charge in [-0.2, -0.15) is 0 Å². The molecule has 1 heterocycles. The normalized spacial score (nSPS) is 10.4. The smallest absolute Gasteiger partial charge is 0.358 e. The van der Waals surface area contributed by atoms with E-state index in [1.54, 1.807) is 6.07 Å². The van der Waals surface area contributed by atoms with E-state index in [1.807, 2.05) is 0 Å². The maximum atomic E-state index is 10.7. The van der Waals surface area contributed by atoms with Crippen molar-refractivity contribution in [3.63, 3.8) is 0 Å². The van der Waals surface area contributed by atoms with E-state index in [4.69, 9.17) is 11.6 Å². The van der Waals surface area contributed by atoms with Gasteiger partial charge in [-0.1, -0.05) is 17.7 Å². The first kappa shape index (κ1) is 13.0. The summed E-state index contributed by atoms with van der Waals surface area (Å²) >= 11 is 5.69. The summed E-state index contributed by atoms with van der Waals surface area (Å²) in [6, 6.07) is 4.36. The second-order valence-corrected chi connectivity index (χ2v) is 4.11. The molecule has 0 saturated heterocycles. The largest absolute Gasteiger partial charge is 0.381 e. The Balaban J connectivity index is 2.25. The highest BCUT2D eigenvalue weighted by Gasteiger charge is 2.14. The minimum atomic E-state index is -0.610. The highest BCUT2D eigenvalue weighted by Crippen LogP contribution is 2.25. The molecule has 0 unspecified atom stereocenters. The third kappa shape index (κ3) is 2.86. The van der Waals surface area contributed by atoms with Crippen molar-refractivity contribution in [2.24, 2.45) is 0 Å². The van der Waals surface area contributed by atoms with Crippen molar-refractivity contribution in [1.29, 1.82) is 0 Å². The molecular weight excluding hydrogens is 276 g/mol. The van der Waals surface area contributed by atoms with Gasteiger partial charge in [-0.05, 0) is 21.5 Å². The molecule has 1 aromatic heterocycles. The Kier molecular flexibility index (Phi) is 3.43. The van der Waals surface area contributed by atoms with Gasteiger partial charge in [0.1, 0.15) is 11.2 Å². The van der Waals surface area contributed by atoms with Gasteiger partial charge in [-0.3, -0.25) is 10.1 Å². The van der Waals surface area contributed by atoms with E-state index >= 15 is 0 Å². The Labute approximate surface area is 111 Å². The summed E-state index contributed by atoms with van der Waals surface area (Å²) in [5.41, 5.74) is 0.400. The Morgan fingerprint density at radius 1 is 1.26 bits per heavy atom. The average molecular weight is 283 g/mol. The van der Waals surface area contributed by atoms with Crippen LogP contribution >= 0.6 is 11.6 Å². The van der Waals surface area contributed by atoms with Crippen LogP contribution in [0.2, 0.25) is 5.02 Å². The first-order valence-corrected chi connectivity index (χ1v) is 5.44. The standard InChI is InChI=1S/C10H7ClN4O4/c11-8-2-1-7(3-9(8)14(16)17)4-13-5-10(12-6-13)15(18)19/h1-3,5-6H,4H2. The van der Waals surface area contributed by atoms with Crippen molar-refractivity contribution in [2.45, 2.75) is 6.54 Å². The predicted molar refractivity (Wildman–Crippen MR) is 66.1 cm³/mol. The van der Waals surface area contributed by atoms with Crippen LogP contribution < -0.4 is 0 Å². The molecule has 19 heavy (non-hydrogen) atoms. The van der Waals surface area contributed by atoms with Crippen molar-refractivity contribution in [3.8, 4) is 0 Å². The first-order chi connectivity index (χ1) is 8.97. The van der Waals surface area contributed by atoms with E-state index in [0.717, 1.165) is 0 Å². The number of rotatable bonds is 4. The molecule has 0 bridgehead atoms. The molecule has 0 spiro atoms. The van der Waals surface area contributed by atoms with Crippen LogP contribution in [0.1, 0.15) is 5.56 Å². The van der Waals surface area contributed by atoms with E-state index in [1.165, 1.54) is 29.2 Å². The van der Waals surface area contributed by atoms with Crippen molar-refractivity contribution in [2.75, 3.05) is 0 Å². The molecule has 2 aromatic rings. The number of hydrogen-bond acceptors (Lipinski definition) is 5. The van der Waals surface area contributed by atoms with Gasteiger partial charge in [0, 0.05) is 6.07 Å². The Morgan fingerprint density at radius 2 is 2.00 bits per heavy atom. The molecule has 8 nitrogen and oxygen atoms in total. The second-order valence-electron chi connectivity index (χ2n) is 3.70. The van der Waals surface area contributed by atoms with E-state index in [2.05, 4.69) is 4.98 Å². The number of nitrogens with zero attached hydrogens (tertiary/aromatic N) is 4. The zero-order valence-corrected chi connectivity index (χ0v) is 10.1. The first-order valence-electron chi connectivity index (χ1n) is 5.06. The molecule has 0 atom stereocenters. The van der Waals surface area contributed by atoms with Crippen LogP contribution in [0.15, 0.2) is 30.7 Å². The van der Waals surface area contributed by atoms with Gasteiger partial charge < -0.3 is 14.7 Å². The molecule has 0 aliphatic carbocycles. The molecule has 0 amide bonds. The molecule has 0 radical (unpaired) electrons. The summed E-state index contributed by atoms with van der Waals surface area (Å²) in [4.78, 5) is 23.6. The summed E-state index contributed by atoms with van der Waals surface area (Å²) in [5.74, 6) is -0.275. The lowest BCUT2D eigenvalue weighted by Gasteiger charge is -2.02. The maximum absolute atomic E-state index is 10.7. The van der Waals surface area contributed by atoms with E-state index in [9.17, 15) is 20.2 Å². The molecule has 0 aliphatic heterocycles.